The first-order valence-electron chi connectivity index (χ1n) is 7.60. The van der Waals surface area contributed by atoms with Crippen LogP contribution in [0.1, 0.15) is 0 Å². The summed E-state index contributed by atoms with van der Waals surface area (Å²) in [6, 6.07) is 17.5. The highest BCUT2D eigenvalue weighted by atomic mass is 32.2. The number of thioether (sulfide) groups is 1. The highest BCUT2D eigenvalue weighted by Gasteiger charge is 2.14. The second-order valence-corrected chi connectivity index (χ2v) is 6.12. The molecule has 0 saturated carbocycles. The molecule has 2 aromatic carbocycles. The van der Waals surface area contributed by atoms with E-state index in [-0.39, 0.29) is 12.5 Å². The van der Waals surface area contributed by atoms with Gasteiger partial charge in [0, 0.05) is 5.75 Å². The second-order valence-electron chi connectivity index (χ2n) is 5.06. The minimum absolute atomic E-state index is 0.152. The zero-order chi connectivity index (χ0) is 16.8. The van der Waals surface area contributed by atoms with E-state index in [2.05, 4.69) is 4.98 Å². The van der Waals surface area contributed by atoms with Crippen molar-refractivity contribution in [1.82, 2.24) is 9.55 Å². The van der Waals surface area contributed by atoms with Crippen molar-refractivity contribution in [2.75, 3.05) is 19.5 Å². The highest BCUT2D eigenvalue weighted by Crippen LogP contribution is 2.24. The fraction of sp³-hybridized carbons (Fsp3) is 0.222. The number of aromatic nitrogens is 2. The number of carbonyl (C=O) groups is 1. The largest absolute Gasteiger partial charge is 0.493 e. The summed E-state index contributed by atoms with van der Waals surface area (Å²) in [7, 11) is 1.39. The summed E-state index contributed by atoms with van der Waals surface area (Å²) in [5.74, 6) is 1.29. The molecule has 0 saturated heterocycles. The molecule has 0 amide bonds. The van der Waals surface area contributed by atoms with E-state index >= 15 is 0 Å². The van der Waals surface area contributed by atoms with E-state index in [0.717, 1.165) is 27.7 Å². The minimum atomic E-state index is -0.291. The summed E-state index contributed by atoms with van der Waals surface area (Å²) in [6.07, 6.45) is 0. The molecule has 24 heavy (non-hydrogen) atoms. The SMILES string of the molecule is COC(=O)Cn1c(SCCOc2ccccc2)nc2ccccc21. The average Bonchev–Trinajstić information content (AvgIpc) is 2.97. The third-order valence-corrected chi connectivity index (χ3v) is 4.40. The smallest absolute Gasteiger partial charge is 0.325 e. The van der Waals surface area contributed by atoms with Crippen molar-refractivity contribution in [3.8, 4) is 5.75 Å². The molecule has 3 rings (SSSR count). The van der Waals surface area contributed by atoms with Crippen LogP contribution in [0.3, 0.4) is 0 Å². The van der Waals surface area contributed by atoms with Crippen LogP contribution < -0.4 is 4.74 Å². The fourth-order valence-corrected chi connectivity index (χ4v) is 3.15. The third kappa shape index (κ3) is 3.89. The first kappa shape index (κ1) is 16.4. The second kappa shape index (κ2) is 7.88. The molecule has 0 N–H and O–H groups in total. The summed E-state index contributed by atoms with van der Waals surface area (Å²) in [5, 5.41) is 0.790. The molecule has 6 heteroatoms. The van der Waals surface area contributed by atoms with Crippen LogP contribution in [0.25, 0.3) is 11.0 Å². The molecule has 0 fully saturated rings. The van der Waals surface area contributed by atoms with Crippen molar-refractivity contribution in [1.29, 1.82) is 0 Å². The Morgan fingerprint density at radius 3 is 2.67 bits per heavy atom. The maximum atomic E-state index is 11.7. The predicted octanol–water partition coefficient (Wildman–Crippen LogP) is 3.38. The molecule has 0 atom stereocenters. The lowest BCUT2D eigenvalue weighted by atomic mass is 10.3. The normalized spacial score (nSPS) is 10.7. The summed E-state index contributed by atoms with van der Waals surface area (Å²) >= 11 is 1.56. The molecule has 124 valence electrons. The standard InChI is InChI=1S/C18H18N2O3S/c1-22-17(21)13-20-16-10-6-5-9-15(16)19-18(20)24-12-11-23-14-7-3-2-4-8-14/h2-10H,11-13H2,1H3. The van der Waals surface area contributed by atoms with Crippen molar-refractivity contribution < 1.29 is 14.3 Å². The zero-order valence-corrected chi connectivity index (χ0v) is 14.2. The number of fused-ring (bicyclic) bond motifs is 1. The predicted molar refractivity (Wildman–Crippen MR) is 94.4 cm³/mol. The first-order chi connectivity index (χ1) is 11.8. The number of rotatable bonds is 7. The molecule has 1 aromatic heterocycles. The van der Waals surface area contributed by atoms with Gasteiger partial charge < -0.3 is 14.0 Å². The Bertz CT molecular complexity index is 818. The molecule has 0 aliphatic carbocycles. The highest BCUT2D eigenvalue weighted by molar-refractivity contribution is 7.99. The molecule has 1 heterocycles. The zero-order valence-electron chi connectivity index (χ0n) is 13.3. The lowest BCUT2D eigenvalue weighted by Gasteiger charge is -2.08. The molecule has 0 spiro atoms. The van der Waals surface area contributed by atoms with Gasteiger partial charge in [0.2, 0.25) is 0 Å². The Kier molecular flexibility index (Phi) is 5.38. The summed E-state index contributed by atoms with van der Waals surface area (Å²) in [6.45, 7) is 0.717. The van der Waals surface area contributed by atoms with Crippen molar-refractivity contribution in [2.45, 2.75) is 11.7 Å². The van der Waals surface area contributed by atoms with E-state index < -0.39 is 0 Å². The Labute approximate surface area is 144 Å². The van der Waals surface area contributed by atoms with Crippen molar-refractivity contribution in [3.63, 3.8) is 0 Å². The van der Waals surface area contributed by atoms with Gasteiger partial charge in [-0.2, -0.15) is 0 Å². The van der Waals surface area contributed by atoms with Crippen LogP contribution in [0.5, 0.6) is 5.75 Å². The van der Waals surface area contributed by atoms with Crippen LogP contribution in [0, 0.1) is 0 Å². The summed E-state index contributed by atoms with van der Waals surface area (Å²) < 4.78 is 12.4. The van der Waals surface area contributed by atoms with Gasteiger partial charge in [0.1, 0.15) is 12.3 Å². The Hall–Kier alpha value is -2.47. The molecule has 3 aromatic rings. The van der Waals surface area contributed by atoms with Gasteiger partial charge in [-0.1, -0.05) is 42.1 Å². The van der Waals surface area contributed by atoms with Crippen LogP contribution in [0.15, 0.2) is 59.8 Å². The molecule has 0 aliphatic rings. The number of carbonyl (C=O) groups excluding carboxylic acids is 1. The topological polar surface area (TPSA) is 53.4 Å². The van der Waals surface area contributed by atoms with E-state index in [0.29, 0.717) is 6.61 Å². The number of benzene rings is 2. The summed E-state index contributed by atoms with van der Waals surface area (Å²) in [4.78, 5) is 16.3. The number of imidazole rings is 1. The maximum absolute atomic E-state index is 11.7. The molecule has 5 nitrogen and oxygen atoms in total. The fourth-order valence-electron chi connectivity index (χ4n) is 2.32. The van der Waals surface area contributed by atoms with E-state index in [1.54, 1.807) is 11.8 Å². The molecular formula is C18H18N2O3S. The quantitative estimate of drug-likeness (QED) is 0.374. The molecular weight excluding hydrogens is 324 g/mol. The lowest BCUT2D eigenvalue weighted by Crippen LogP contribution is -2.12. The van der Waals surface area contributed by atoms with Gasteiger partial charge in [-0.3, -0.25) is 4.79 Å². The third-order valence-electron chi connectivity index (χ3n) is 3.46. The lowest BCUT2D eigenvalue weighted by molar-refractivity contribution is -0.141. The van der Waals surface area contributed by atoms with E-state index in [1.807, 2.05) is 59.2 Å². The van der Waals surface area contributed by atoms with Crippen molar-refractivity contribution in [3.05, 3.63) is 54.6 Å². The number of hydrogen-bond acceptors (Lipinski definition) is 5. The van der Waals surface area contributed by atoms with Crippen LogP contribution in [0.2, 0.25) is 0 Å². The van der Waals surface area contributed by atoms with E-state index in [4.69, 9.17) is 9.47 Å². The Morgan fingerprint density at radius 2 is 1.88 bits per heavy atom. The van der Waals surface area contributed by atoms with Gasteiger partial charge >= 0.3 is 5.97 Å². The first-order valence-corrected chi connectivity index (χ1v) is 8.59. The number of methoxy groups -OCH3 is 1. The molecule has 0 radical (unpaired) electrons. The van der Waals surface area contributed by atoms with E-state index in [1.165, 1.54) is 7.11 Å². The number of para-hydroxylation sites is 3. The average molecular weight is 342 g/mol. The van der Waals surface area contributed by atoms with Crippen LogP contribution in [-0.4, -0.2) is 35.0 Å². The van der Waals surface area contributed by atoms with Gasteiger partial charge in [0.25, 0.3) is 0 Å². The van der Waals surface area contributed by atoms with Crippen molar-refractivity contribution in [2.24, 2.45) is 0 Å². The van der Waals surface area contributed by atoms with Crippen molar-refractivity contribution >= 4 is 28.8 Å². The van der Waals surface area contributed by atoms with Crippen LogP contribution >= 0.6 is 11.8 Å². The Morgan fingerprint density at radius 1 is 1.12 bits per heavy atom. The number of hydrogen-bond donors (Lipinski definition) is 0. The molecule has 0 aliphatic heterocycles. The number of ether oxygens (including phenoxy) is 2. The monoisotopic (exact) mass is 342 g/mol. The van der Waals surface area contributed by atoms with Crippen LogP contribution in [-0.2, 0) is 16.1 Å². The number of esters is 1. The Balaban J connectivity index is 1.69. The van der Waals surface area contributed by atoms with Crippen LogP contribution in [0.4, 0.5) is 0 Å². The van der Waals surface area contributed by atoms with Gasteiger partial charge in [-0.15, -0.1) is 0 Å². The van der Waals surface area contributed by atoms with Gasteiger partial charge in [0.05, 0.1) is 24.8 Å². The molecule has 0 bridgehead atoms. The maximum Gasteiger partial charge on any atom is 0.325 e. The van der Waals surface area contributed by atoms with E-state index in [9.17, 15) is 4.79 Å². The molecule has 0 unspecified atom stereocenters. The number of nitrogens with zero attached hydrogens (tertiary/aromatic N) is 2. The van der Waals surface area contributed by atoms with Gasteiger partial charge in [-0.25, -0.2) is 4.98 Å². The minimum Gasteiger partial charge on any atom is -0.493 e. The summed E-state index contributed by atoms with van der Waals surface area (Å²) in [5.41, 5.74) is 1.79. The van der Waals surface area contributed by atoms with Gasteiger partial charge in [-0.05, 0) is 24.3 Å². The van der Waals surface area contributed by atoms with Gasteiger partial charge in [0.15, 0.2) is 5.16 Å².